The number of ether oxygens (including phenoxy) is 2. The van der Waals surface area contributed by atoms with Gasteiger partial charge in [0.1, 0.15) is 30.6 Å². The molecule has 0 spiro atoms. The lowest BCUT2D eigenvalue weighted by Crippen LogP contribution is -2.09. The third-order valence-electron chi connectivity index (χ3n) is 4.22. The second-order valence-electron chi connectivity index (χ2n) is 6.26. The quantitative estimate of drug-likeness (QED) is 0.346. The van der Waals surface area contributed by atoms with E-state index < -0.39 is 0 Å². The van der Waals surface area contributed by atoms with Crippen molar-refractivity contribution in [2.24, 2.45) is 0 Å². The predicted octanol–water partition coefficient (Wildman–Crippen LogP) is 3.60. The van der Waals surface area contributed by atoms with E-state index in [-0.39, 0.29) is 37.0 Å². The first-order valence-corrected chi connectivity index (χ1v) is 9.73. The molecule has 0 atom stereocenters. The van der Waals surface area contributed by atoms with E-state index in [2.05, 4.69) is 9.97 Å². The van der Waals surface area contributed by atoms with E-state index >= 15 is 0 Å². The Balaban J connectivity index is 1.84. The summed E-state index contributed by atoms with van der Waals surface area (Å²) in [6, 6.07) is 8.35. The lowest BCUT2D eigenvalue weighted by atomic mass is 10.0. The number of hydrogen-bond donors (Lipinski definition) is 3. The SMILES string of the molecule is N#Cc1cc(C(=N)c2cc(OCc3c(Cl)cncc3Cl)ccc2N)cnc1OCCO. The van der Waals surface area contributed by atoms with Crippen LogP contribution in [-0.2, 0) is 6.61 Å². The Kier molecular flexibility index (Phi) is 7.26. The molecule has 8 nitrogen and oxygen atoms in total. The second-order valence-corrected chi connectivity index (χ2v) is 7.07. The molecule has 0 amide bonds. The maximum Gasteiger partial charge on any atom is 0.231 e. The summed E-state index contributed by atoms with van der Waals surface area (Å²) in [6.07, 6.45) is 4.35. The molecule has 31 heavy (non-hydrogen) atoms. The van der Waals surface area contributed by atoms with Crippen LogP contribution in [0.1, 0.15) is 22.3 Å². The third-order valence-corrected chi connectivity index (χ3v) is 4.87. The molecule has 0 saturated carbocycles. The van der Waals surface area contributed by atoms with E-state index in [0.717, 1.165) is 0 Å². The van der Waals surface area contributed by atoms with Gasteiger partial charge in [0.15, 0.2) is 0 Å². The summed E-state index contributed by atoms with van der Waals surface area (Å²) in [5.74, 6) is 0.540. The molecule has 2 aromatic heterocycles. The number of nitriles is 1. The first kappa shape index (κ1) is 22.3. The zero-order valence-electron chi connectivity index (χ0n) is 16.1. The van der Waals surface area contributed by atoms with Crippen LogP contribution in [0.3, 0.4) is 0 Å². The Bertz CT molecular complexity index is 1140. The van der Waals surface area contributed by atoms with Crippen molar-refractivity contribution in [1.29, 1.82) is 10.7 Å². The lowest BCUT2D eigenvalue weighted by Gasteiger charge is -2.13. The first-order valence-electron chi connectivity index (χ1n) is 8.98. The van der Waals surface area contributed by atoms with E-state index in [1.54, 1.807) is 18.2 Å². The maximum atomic E-state index is 9.34. The van der Waals surface area contributed by atoms with Crippen molar-refractivity contribution in [3.63, 3.8) is 0 Å². The standard InChI is InChI=1S/C21H17Cl2N5O3/c22-17-9-27-10-18(23)16(17)11-31-14-1-2-19(25)15(6-14)20(26)13-5-12(7-24)21(28-8-13)30-4-3-29/h1-2,5-6,8-10,26,29H,3-4,11,25H2. The number of hydrogen-bond acceptors (Lipinski definition) is 8. The molecule has 0 fully saturated rings. The number of nitrogens with one attached hydrogen (secondary N) is 1. The number of aromatic nitrogens is 2. The largest absolute Gasteiger partial charge is 0.489 e. The number of nitrogens with two attached hydrogens (primary N) is 1. The molecule has 0 unspecified atom stereocenters. The molecule has 0 bridgehead atoms. The van der Waals surface area contributed by atoms with Crippen LogP contribution in [-0.4, -0.2) is 34.0 Å². The minimum Gasteiger partial charge on any atom is -0.489 e. The van der Waals surface area contributed by atoms with Crippen LogP contribution in [0.5, 0.6) is 11.6 Å². The van der Waals surface area contributed by atoms with E-state index in [1.165, 1.54) is 24.7 Å². The van der Waals surface area contributed by atoms with Crippen LogP contribution < -0.4 is 15.2 Å². The number of benzene rings is 1. The zero-order chi connectivity index (χ0) is 22.4. The van der Waals surface area contributed by atoms with Crippen LogP contribution in [0.2, 0.25) is 10.0 Å². The molecule has 3 aromatic rings. The third kappa shape index (κ3) is 5.22. The molecular weight excluding hydrogens is 441 g/mol. The van der Waals surface area contributed by atoms with Crippen molar-refractivity contribution >= 4 is 34.6 Å². The molecule has 158 valence electrons. The Hall–Kier alpha value is -3.38. The predicted molar refractivity (Wildman–Crippen MR) is 117 cm³/mol. The fourth-order valence-electron chi connectivity index (χ4n) is 2.66. The fourth-order valence-corrected chi connectivity index (χ4v) is 3.13. The van der Waals surface area contributed by atoms with Gasteiger partial charge in [-0.3, -0.25) is 10.4 Å². The van der Waals surface area contributed by atoms with E-state index in [9.17, 15) is 5.26 Å². The van der Waals surface area contributed by atoms with Gasteiger partial charge in [-0.1, -0.05) is 23.2 Å². The average Bonchev–Trinajstić information content (AvgIpc) is 2.77. The molecule has 0 saturated heterocycles. The van der Waals surface area contributed by atoms with Gasteiger partial charge in [-0.05, 0) is 24.3 Å². The fraction of sp³-hybridized carbons (Fsp3) is 0.143. The van der Waals surface area contributed by atoms with E-state index in [1.807, 2.05) is 6.07 Å². The van der Waals surface area contributed by atoms with Crippen LogP contribution in [0.4, 0.5) is 5.69 Å². The van der Waals surface area contributed by atoms with Gasteiger partial charge in [0.25, 0.3) is 0 Å². The molecule has 2 heterocycles. The highest BCUT2D eigenvalue weighted by Gasteiger charge is 2.15. The Morgan fingerprint density at radius 2 is 1.90 bits per heavy atom. The molecule has 0 aliphatic rings. The van der Waals surface area contributed by atoms with E-state index in [4.69, 9.17) is 48.9 Å². The van der Waals surface area contributed by atoms with Crippen LogP contribution in [0.25, 0.3) is 0 Å². The van der Waals surface area contributed by atoms with Gasteiger partial charge in [-0.15, -0.1) is 0 Å². The molecular formula is C21H17Cl2N5O3. The minimum atomic E-state index is -0.205. The minimum absolute atomic E-state index is 0.0102. The smallest absolute Gasteiger partial charge is 0.231 e. The Morgan fingerprint density at radius 3 is 2.58 bits per heavy atom. The first-order chi connectivity index (χ1) is 14.9. The molecule has 3 rings (SSSR count). The van der Waals surface area contributed by atoms with Crippen molar-refractivity contribution in [1.82, 2.24) is 9.97 Å². The number of halogens is 2. The lowest BCUT2D eigenvalue weighted by molar-refractivity contribution is 0.196. The highest BCUT2D eigenvalue weighted by Crippen LogP contribution is 2.27. The van der Waals surface area contributed by atoms with Crippen LogP contribution in [0.15, 0.2) is 42.9 Å². The van der Waals surface area contributed by atoms with Crippen molar-refractivity contribution in [3.8, 4) is 17.7 Å². The second kappa shape index (κ2) is 10.1. The van der Waals surface area contributed by atoms with Gasteiger partial charge in [-0.25, -0.2) is 4.98 Å². The van der Waals surface area contributed by atoms with Crippen LogP contribution >= 0.6 is 23.2 Å². The number of nitrogen functional groups attached to an aromatic ring is 1. The summed E-state index contributed by atoms with van der Waals surface area (Å²) in [7, 11) is 0. The maximum absolute atomic E-state index is 9.34. The molecule has 0 aliphatic carbocycles. The topological polar surface area (TPSA) is 138 Å². The van der Waals surface area contributed by atoms with Crippen molar-refractivity contribution in [2.45, 2.75) is 6.61 Å². The molecule has 1 aromatic carbocycles. The zero-order valence-corrected chi connectivity index (χ0v) is 17.6. The number of aliphatic hydroxyl groups is 1. The molecule has 4 N–H and O–H groups in total. The Labute approximate surface area is 188 Å². The van der Waals surface area contributed by atoms with Gasteiger partial charge in [0.2, 0.25) is 5.88 Å². The molecule has 10 heteroatoms. The van der Waals surface area contributed by atoms with E-state index in [0.29, 0.717) is 38.2 Å². The number of rotatable bonds is 8. The summed E-state index contributed by atoms with van der Waals surface area (Å²) < 4.78 is 11.0. The summed E-state index contributed by atoms with van der Waals surface area (Å²) >= 11 is 12.2. The summed E-state index contributed by atoms with van der Waals surface area (Å²) in [6.45, 7) is -0.0897. The van der Waals surface area contributed by atoms with Gasteiger partial charge >= 0.3 is 0 Å². The van der Waals surface area contributed by atoms with Gasteiger partial charge in [-0.2, -0.15) is 5.26 Å². The van der Waals surface area contributed by atoms with Crippen molar-refractivity contribution in [2.75, 3.05) is 18.9 Å². The number of anilines is 1. The summed E-state index contributed by atoms with van der Waals surface area (Å²) in [5.41, 5.74) is 7.99. The molecule has 0 radical (unpaired) electrons. The Morgan fingerprint density at radius 1 is 1.16 bits per heavy atom. The van der Waals surface area contributed by atoms with Gasteiger partial charge < -0.3 is 20.3 Å². The van der Waals surface area contributed by atoms with Crippen molar-refractivity contribution in [3.05, 3.63) is 75.2 Å². The number of pyridine rings is 2. The van der Waals surface area contributed by atoms with Crippen molar-refractivity contribution < 1.29 is 14.6 Å². The summed E-state index contributed by atoms with van der Waals surface area (Å²) in [5, 5.41) is 27.5. The van der Waals surface area contributed by atoms with Crippen LogP contribution in [0, 0.1) is 16.7 Å². The average molecular weight is 458 g/mol. The van der Waals surface area contributed by atoms with Gasteiger partial charge in [0, 0.05) is 41.0 Å². The number of aliphatic hydroxyl groups excluding tert-OH is 1. The highest BCUT2D eigenvalue weighted by atomic mass is 35.5. The molecule has 0 aliphatic heterocycles. The monoisotopic (exact) mass is 457 g/mol. The van der Waals surface area contributed by atoms with Gasteiger partial charge in [0.05, 0.1) is 22.4 Å². The highest BCUT2D eigenvalue weighted by molar-refractivity contribution is 6.35. The normalized spacial score (nSPS) is 10.4. The summed E-state index contributed by atoms with van der Waals surface area (Å²) in [4.78, 5) is 7.98. The number of nitrogens with zero attached hydrogens (tertiary/aromatic N) is 3.